The van der Waals surface area contributed by atoms with Crippen LogP contribution in [0.4, 0.5) is 22.0 Å². The van der Waals surface area contributed by atoms with E-state index in [1.807, 2.05) is 0 Å². The van der Waals surface area contributed by atoms with E-state index in [4.69, 9.17) is 10.5 Å². The van der Waals surface area contributed by atoms with Crippen molar-refractivity contribution in [1.29, 1.82) is 0 Å². The Bertz CT molecular complexity index is 1320. The summed E-state index contributed by atoms with van der Waals surface area (Å²) in [6, 6.07) is 1.38. The van der Waals surface area contributed by atoms with Crippen LogP contribution in [-0.4, -0.2) is 50.5 Å². The molecule has 0 saturated carbocycles. The molecule has 1 aromatic heterocycles. The van der Waals surface area contributed by atoms with Gasteiger partial charge in [0.05, 0.1) is 13.2 Å². The Hall–Kier alpha value is -3.61. The summed E-state index contributed by atoms with van der Waals surface area (Å²) in [5, 5.41) is 6.78. The van der Waals surface area contributed by atoms with E-state index >= 15 is 0 Å². The minimum atomic E-state index is -4.65. The van der Waals surface area contributed by atoms with Gasteiger partial charge in [0.25, 0.3) is 0 Å². The highest BCUT2D eigenvalue weighted by molar-refractivity contribution is 6.05. The third kappa shape index (κ3) is 4.75. The molecule has 2 aromatic rings. The second kappa shape index (κ2) is 9.36. The lowest BCUT2D eigenvalue weighted by atomic mass is 9.90. The molecule has 196 valence electrons. The molecule has 0 bridgehead atoms. The molecule has 8 nitrogen and oxygen atoms in total. The zero-order valence-electron chi connectivity index (χ0n) is 19.3. The van der Waals surface area contributed by atoms with Gasteiger partial charge in [-0.25, -0.2) is 8.78 Å². The van der Waals surface area contributed by atoms with Crippen LogP contribution in [-0.2, 0) is 33.6 Å². The number of nitrogens with two attached hydrogens (primary N) is 1. The smallest absolute Gasteiger partial charge is 0.451 e. The van der Waals surface area contributed by atoms with Crippen molar-refractivity contribution in [3.8, 4) is 0 Å². The van der Waals surface area contributed by atoms with E-state index in [-0.39, 0.29) is 55.9 Å². The van der Waals surface area contributed by atoms with Crippen LogP contribution >= 0.6 is 0 Å². The zero-order valence-corrected chi connectivity index (χ0v) is 19.3. The van der Waals surface area contributed by atoms with Crippen molar-refractivity contribution in [3.63, 3.8) is 0 Å². The molecule has 13 heteroatoms. The average molecular weight is 523 g/mol. The third-order valence-electron chi connectivity index (χ3n) is 6.97. The molecule has 3 unspecified atom stereocenters. The fourth-order valence-corrected chi connectivity index (χ4v) is 5.13. The van der Waals surface area contributed by atoms with Gasteiger partial charge in [-0.1, -0.05) is 6.08 Å². The van der Waals surface area contributed by atoms with Crippen molar-refractivity contribution >= 4 is 11.7 Å². The number of carbonyl (C=O) groups is 2. The molecule has 0 fully saturated rings. The molecule has 0 spiro atoms. The third-order valence-corrected chi connectivity index (χ3v) is 6.97. The fourth-order valence-electron chi connectivity index (χ4n) is 5.13. The summed E-state index contributed by atoms with van der Waals surface area (Å²) in [5.74, 6) is -4.58. The number of hydrogen-bond acceptors (Lipinski definition) is 6. The number of ether oxygens (including phenoxy) is 1. The van der Waals surface area contributed by atoms with Crippen LogP contribution in [0.5, 0.6) is 0 Å². The number of halogens is 5. The molecular weight excluding hydrogens is 501 g/mol. The van der Waals surface area contributed by atoms with E-state index in [0.717, 1.165) is 16.7 Å². The van der Waals surface area contributed by atoms with Crippen LogP contribution < -0.4 is 5.73 Å². The molecule has 3 atom stereocenters. The number of fused-ring (bicyclic) bond motifs is 2. The summed E-state index contributed by atoms with van der Waals surface area (Å²) in [4.78, 5) is 26.1. The van der Waals surface area contributed by atoms with Gasteiger partial charge in [0.1, 0.15) is 0 Å². The molecule has 0 saturated heterocycles. The first-order valence-electron chi connectivity index (χ1n) is 11.6. The molecule has 3 aliphatic rings. The maximum Gasteiger partial charge on any atom is 0.451 e. The summed E-state index contributed by atoms with van der Waals surface area (Å²) in [7, 11) is 0. The Balaban J connectivity index is 1.28. The summed E-state index contributed by atoms with van der Waals surface area (Å²) in [6.07, 6.45) is -0.0581. The van der Waals surface area contributed by atoms with Gasteiger partial charge in [0.2, 0.25) is 17.5 Å². The first-order chi connectivity index (χ1) is 17.5. The Kier molecular flexibility index (Phi) is 6.34. The highest BCUT2D eigenvalue weighted by Crippen LogP contribution is 2.45. The normalized spacial score (nSPS) is 21.6. The first kappa shape index (κ1) is 25.1. The largest absolute Gasteiger partial charge is 0.489 e. The lowest BCUT2D eigenvalue weighted by Gasteiger charge is -2.30. The van der Waals surface area contributed by atoms with Gasteiger partial charge in [-0.2, -0.15) is 13.2 Å². The van der Waals surface area contributed by atoms with Crippen molar-refractivity contribution < 1.29 is 36.3 Å². The zero-order chi connectivity index (χ0) is 26.5. The summed E-state index contributed by atoms with van der Waals surface area (Å²) in [5.41, 5.74) is 7.35. The first-order valence-corrected chi connectivity index (χ1v) is 11.6. The molecule has 2 heterocycles. The van der Waals surface area contributed by atoms with Crippen LogP contribution in [0.15, 0.2) is 36.1 Å². The van der Waals surface area contributed by atoms with E-state index in [2.05, 4.69) is 10.2 Å². The highest BCUT2D eigenvalue weighted by Gasteiger charge is 2.41. The predicted octanol–water partition coefficient (Wildman–Crippen LogP) is 2.95. The monoisotopic (exact) mass is 523 g/mol. The lowest BCUT2D eigenvalue weighted by Crippen LogP contribution is -2.42. The SMILES string of the molecule is NC(CC(=O)N1CCn2c(nnc2C(F)(F)F)C1)C1CC(COC2=CC=CC2=O)c2cc(F)c(F)cc21. The van der Waals surface area contributed by atoms with E-state index < -0.39 is 41.5 Å². The number of nitrogens with zero attached hydrogens (tertiary/aromatic N) is 4. The topological polar surface area (TPSA) is 103 Å². The van der Waals surface area contributed by atoms with Gasteiger partial charge < -0.3 is 19.9 Å². The second-order valence-corrected chi connectivity index (χ2v) is 9.27. The number of alkyl halides is 3. The Morgan fingerprint density at radius 2 is 1.89 bits per heavy atom. The maximum absolute atomic E-state index is 14.1. The van der Waals surface area contributed by atoms with Crippen LogP contribution in [0.2, 0.25) is 0 Å². The van der Waals surface area contributed by atoms with Crippen LogP contribution in [0, 0.1) is 11.6 Å². The molecule has 5 rings (SSSR count). The Morgan fingerprint density at radius 1 is 1.16 bits per heavy atom. The van der Waals surface area contributed by atoms with Gasteiger partial charge >= 0.3 is 6.18 Å². The number of hydrogen-bond donors (Lipinski definition) is 1. The molecule has 1 aromatic carbocycles. The molecule has 37 heavy (non-hydrogen) atoms. The van der Waals surface area contributed by atoms with Crippen LogP contribution in [0.3, 0.4) is 0 Å². The van der Waals surface area contributed by atoms with Gasteiger partial charge in [-0.05, 0) is 41.8 Å². The summed E-state index contributed by atoms with van der Waals surface area (Å²) >= 11 is 0. The van der Waals surface area contributed by atoms with E-state index in [1.54, 1.807) is 6.08 Å². The van der Waals surface area contributed by atoms with Crippen molar-refractivity contribution in [3.05, 3.63) is 70.5 Å². The molecule has 2 N–H and O–H groups in total. The minimum Gasteiger partial charge on any atom is -0.489 e. The van der Waals surface area contributed by atoms with Gasteiger partial charge in [0.15, 0.2) is 23.2 Å². The number of rotatable bonds is 6. The van der Waals surface area contributed by atoms with Gasteiger partial charge in [0, 0.05) is 37.4 Å². The number of allylic oxidation sites excluding steroid dienone is 3. The lowest BCUT2D eigenvalue weighted by molar-refractivity contribution is -0.148. The van der Waals surface area contributed by atoms with Crippen LogP contribution in [0.25, 0.3) is 0 Å². The predicted molar refractivity (Wildman–Crippen MR) is 118 cm³/mol. The maximum atomic E-state index is 14.1. The molecule has 2 aliphatic carbocycles. The van der Waals surface area contributed by atoms with Crippen molar-refractivity contribution in [1.82, 2.24) is 19.7 Å². The number of benzene rings is 1. The van der Waals surface area contributed by atoms with Crippen LogP contribution in [0.1, 0.15) is 47.5 Å². The minimum absolute atomic E-state index is 0.0201. The number of carbonyl (C=O) groups excluding carboxylic acids is 2. The Morgan fingerprint density at radius 3 is 2.57 bits per heavy atom. The van der Waals surface area contributed by atoms with E-state index in [0.29, 0.717) is 17.5 Å². The van der Waals surface area contributed by atoms with E-state index in [1.165, 1.54) is 17.1 Å². The number of ketones is 1. The summed E-state index contributed by atoms with van der Waals surface area (Å²) in [6.45, 7) is -0.201. The summed E-state index contributed by atoms with van der Waals surface area (Å²) < 4.78 is 74.0. The van der Waals surface area contributed by atoms with Gasteiger partial charge in [-0.15, -0.1) is 10.2 Å². The van der Waals surface area contributed by atoms with Gasteiger partial charge in [-0.3, -0.25) is 9.59 Å². The molecule has 1 amide bonds. The Labute approximate surface area is 207 Å². The quantitative estimate of drug-likeness (QED) is 0.585. The molecule has 1 aliphatic heterocycles. The van der Waals surface area contributed by atoms with E-state index in [9.17, 15) is 31.5 Å². The fraction of sp³-hybridized carbons (Fsp3) is 0.417. The van der Waals surface area contributed by atoms with Crippen molar-refractivity contribution in [2.45, 2.75) is 50.0 Å². The highest BCUT2D eigenvalue weighted by atomic mass is 19.4. The average Bonchev–Trinajstić information content (AvgIpc) is 3.54. The molecular formula is C24H22F5N5O3. The van der Waals surface area contributed by atoms with Crippen molar-refractivity contribution in [2.24, 2.45) is 5.73 Å². The standard InChI is InChI=1S/C24H22F5N5O3/c25-16-7-13-12(11-37-20-3-1-2-19(20)35)6-15(14(13)8-17(16)26)18(30)9-22(36)33-4-5-34-21(10-33)31-32-23(34)24(27,28)29/h1-3,7-8,12,15,18H,4-6,9-11,30H2. The molecule has 0 radical (unpaired) electrons. The van der Waals surface area contributed by atoms with Crippen molar-refractivity contribution in [2.75, 3.05) is 13.2 Å². The second-order valence-electron chi connectivity index (χ2n) is 9.27. The number of aromatic nitrogens is 3. The number of amides is 1.